The minimum atomic E-state index is -5.07. The average Bonchev–Trinajstić information content (AvgIpc) is 3.26. The van der Waals surface area contributed by atoms with Gasteiger partial charge in [-0.15, -0.1) is 0 Å². The summed E-state index contributed by atoms with van der Waals surface area (Å²) in [6.45, 7) is 0.122. The molecule has 2 fully saturated rings. The van der Waals surface area contributed by atoms with Crippen LogP contribution in [-0.4, -0.2) is 125 Å². The van der Waals surface area contributed by atoms with Crippen molar-refractivity contribution in [1.29, 1.82) is 0 Å². The van der Waals surface area contributed by atoms with Crippen molar-refractivity contribution in [2.75, 3.05) is 72.1 Å². The number of nitrogens with one attached hydrogen (secondary N) is 1. The summed E-state index contributed by atoms with van der Waals surface area (Å²) in [4.78, 5) is 67.1. The number of Topliss-reactive ketones (excluding diaryl/α,β-unsaturated/α-hetero) is 2. The molecule has 20 heteroatoms. The fourth-order valence-corrected chi connectivity index (χ4v) is 8.74. The highest BCUT2D eigenvalue weighted by Gasteiger charge is 2.38. The Morgan fingerprint density at radius 2 is 0.919 bits per heavy atom. The molecule has 62 heavy (non-hydrogen) atoms. The van der Waals surface area contributed by atoms with Crippen molar-refractivity contribution in [2.45, 2.75) is 19.3 Å². The second-order valence-electron chi connectivity index (χ2n) is 14.3. The molecule has 330 valence electrons. The maximum absolute atomic E-state index is 13.2. The molecule has 0 aromatic heterocycles. The molecule has 0 spiro atoms. The summed E-state index contributed by atoms with van der Waals surface area (Å²) in [5.41, 5.74) is 8.84. The molecule has 6 rings (SSSR count). The van der Waals surface area contributed by atoms with E-state index in [9.17, 15) is 54.0 Å². The Kier molecular flexibility index (Phi) is 15.6. The lowest BCUT2D eigenvalue weighted by molar-refractivity contribution is -0.173. The van der Waals surface area contributed by atoms with E-state index in [2.05, 4.69) is 0 Å². The average molecular weight is 899 g/mol. The Bertz CT molecular complexity index is 2410. The SMILES string of the molecule is NCC(=O)c1ccc(CN(C(=O)N2CCS(=O)(=O)CC2)c2ccccc2)cc1.O=C(CNC(=O)C(F)(F)F)c1ccc(CN(C(=O)N2CCS(=O)(=O)CC2)c2ccccc2)cc1. The van der Waals surface area contributed by atoms with Crippen molar-refractivity contribution < 1.29 is 54.0 Å². The molecule has 2 aliphatic rings. The van der Waals surface area contributed by atoms with Gasteiger partial charge in [0.25, 0.3) is 0 Å². The van der Waals surface area contributed by atoms with E-state index < -0.39 is 44.1 Å². The van der Waals surface area contributed by atoms with Crippen LogP contribution in [0.25, 0.3) is 0 Å². The number of ketones is 2. The fourth-order valence-electron chi connectivity index (χ4n) is 6.34. The van der Waals surface area contributed by atoms with Crippen molar-refractivity contribution in [2.24, 2.45) is 5.73 Å². The number of hydrogen-bond acceptors (Lipinski definition) is 10. The summed E-state index contributed by atoms with van der Waals surface area (Å²) in [6, 6.07) is 30.3. The molecule has 0 unspecified atom stereocenters. The number of para-hydroxylation sites is 2. The van der Waals surface area contributed by atoms with Gasteiger partial charge in [-0.25, -0.2) is 26.4 Å². The van der Waals surface area contributed by atoms with Crippen molar-refractivity contribution >= 4 is 60.6 Å². The van der Waals surface area contributed by atoms with E-state index >= 15 is 0 Å². The van der Waals surface area contributed by atoms with E-state index in [1.165, 1.54) is 27.2 Å². The number of halogens is 3. The van der Waals surface area contributed by atoms with Crippen LogP contribution in [0.3, 0.4) is 0 Å². The van der Waals surface area contributed by atoms with E-state index in [-0.39, 0.29) is 85.7 Å². The highest BCUT2D eigenvalue weighted by molar-refractivity contribution is 7.91. The van der Waals surface area contributed by atoms with Gasteiger partial charge in [0.1, 0.15) is 0 Å². The second kappa shape index (κ2) is 20.6. The number of urea groups is 2. The Morgan fingerprint density at radius 1 is 0.565 bits per heavy atom. The normalized spacial score (nSPS) is 15.6. The molecule has 0 aliphatic carbocycles. The zero-order valence-corrected chi connectivity index (χ0v) is 35.0. The quantitative estimate of drug-likeness (QED) is 0.207. The topological polar surface area (TPSA) is 205 Å². The zero-order valence-electron chi connectivity index (χ0n) is 33.4. The molecule has 3 N–H and O–H groups in total. The number of rotatable bonds is 11. The number of nitrogens with two attached hydrogens (primary N) is 1. The minimum Gasteiger partial charge on any atom is -0.341 e. The number of anilines is 2. The molecule has 2 saturated heterocycles. The van der Waals surface area contributed by atoms with E-state index in [0.29, 0.717) is 23.4 Å². The van der Waals surface area contributed by atoms with Crippen molar-refractivity contribution in [3.63, 3.8) is 0 Å². The summed E-state index contributed by atoms with van der Waals surface area (Å²) in [5, 5.41) is 1.53. The summed E-state index contributed by atoms with van der Waals surface area (Å²) in [7, 11) is -6.23. The van der Waals surface area contributed by atoms with Gasteiger partial charge in [-0.2, -0.15) is 13.2 Å². The lowest BCUT2D eigenvalue weighted by Crippen LogP contribution is -2.49. The lowest BCUT2D eigenvalue weighted by atomic mass is 10.1. The van der Waals surface area contributed by atoms with Gasteiger partial charge in [-0.05, 0) is 35.4 Å². The van der Waals surface area contributed by atoms with E-state index in [0.717, 1.165) is 11.3 Å². The standard InChI is InChI=1S/C22H22F3N3O5S.C20H23N3O4S/c23-22(24,25)20(30)26-14-19(29)17-8-6-16(7-9-17)15-28(18-4-2-1-3-5-18)21(31)27-10-12-34(32,33)13-11-27;21-14-19(24)17-8-6-16(7-9-17)15-23(18-4-2-1-3-5-18)20(25)22-10-12-28(26,27)13-11-22/h1-9H,10-15H2,(H,26,30);1-9H,10-15,21H2. The summed E-state index contributed by atoms with van der Waals surface area (Å²) in [5.74, 6) is -3.28. The van der Waals surface area contributed by atoms with Gasteiger partial charge in [0.05, 0.1) is 49.2 Å². The monoisotopic (exact) mass is 898 g/mol. The second-order valence-corrected chi connectivity index (χ2v) is 18.9. The Labute approximate surface area is 357 Å². The molecule has 4 aromatic carbocycles. The maximum atomic E-state index is 13.2. The fraction of sp³-hybridized carbons (Fsp3) is 0.310. The van der Waals surface area contributed by atoms with E-state index in [1.54, 1.807) is 76.5 Å². The van der Waals surface area contributed by atoms with Crippen LogP contribution in [-0.2, 0) is 37.6 Å². The molecule has 4 aromatic rings. The number of alkyl halides is 3. The predicted molar refractivity (Wildman–Crippen MR) is 226 cm³/mol. The predicted octanol–water partition coefficient (Wildman–Crippen LogP) is 4.09. The van der Waals surface area contributed by atoms with Crippen molar-refractivity contribution in [3.05, 3.63) is 131 Å². The molecular weight excluding hydrogens is 854 g/mol. The van der Waals surface area contributed by atoms with Gasteiger partial charge in [-0.3, -0.25) is 24.2 Å². The van der Waals surface area contributed by atoms with Crippen LogP contribution in [0.15, 0.2) is 109 Å². The number of carbonyl (C=O) groups excluding carboxylic acids is 5. The molecule has 2 aliphatic heterocycles. The molecule has 0 saturated carbocycles. The third kappa shape index (κ3) is 13.2. The van der Waals surface area contributed by atoms with E-state index in [1.807, 2.05) is 30.3 Å². The highest BCUT2D eigenvalue weighted by Crippen LogP contribution is 2.23. The Balaban J connectivity index is 0.000000238. The molecule has 2 heterocycles. The van der Waals surface area contributed by atoms with Crippen LogP contribution in [0, 0.1) is 0 Å². The Hall–Kier alpha value is -6.12. The number of hydrogen-bond donors (Lipinski definition) is 2. The van der Waals surface area contributed by atoms with Crippen LogP contribution in [0.2, 0.25) is 0 Å². The van der Waals surface area contributed by atoms with Crippen molar-refractivity contribution in [3.8, 4) is 0 Å². The molecule has 0 radical (unpaired) electrons. The molecule has 5 amide bonds. The number of carbonyl (C=O) groups is 5. The van der Waals surface area contributed by atoms with Crippen molar-refractivity contribution in [1.82, 2.24) is 15.1 Å². The van der Waals surface area contributed by atoms with Gasteiger partial charge < -0.3 is 20.9 Å². The van der Waals surface area contributed by atoms with Crippen LogP contribution >= 0.6 is 0 Å². The third-order valence-corrected chi connectivity index (χ3v) is 13.1. The van der Waals surface area contributed by atoms with Crippen LogP contribution in [0.5, 0.6) is 0 Å². The zero-order chi connectivity index (χ0) is 45.1. The van der Waals surface area contributed by atoms with Gasteiger partial charge in [0.2, 0.25) is 0 Å². The third-order valence-electron chi connectivity index (χ3n) is 9.91. The first-order chi connectivity index (χ1) is 29.4. The summed E-state index contributed by atoms with van der Waals surface area (Å²) >= 11 is 0. The maximum Gasteiger partial charge on any atom is 0.471 e. The first-order valence-corrected chi connectivity index (χ1v) is 22.9. The largest absolute Gasteiger partial charge is 0.471 e. The first kappa shape index (κ1) is 46.9. The van der Waals surface area contributed by atoms with Crippen LogP contribution < -0.4 is 20.9 Å². The minimum absolute atomic E-state index is 0.0166. The molecular formula is C42H45F3N6O9S2. The number of sulfone groups is 2. The smallest absolute Gasteiger partial charge is 0.341 e. The summed E-state index contributed by atoms with van der Waals surface area (Å²) < 4.78 is 83.6. The van der Waals surface area contributed by atoms with Crippen LogP contribution in [0.1, 0.15) is 31.8 Å². The lowest BCUT2D eigenvalue weighted by Gasteiger charge is -2.33. The molecule has 15 nitrogen and oxygen atoms in total. The van der Waals surface area contributed by atoms with Gasteiger partial charge in [-0.1, -0.05) is 84.9 Å². The van der Waals surface area contributed by atoms with Gasteiger partial charge in [0.15, 0.2) is 31.2 Å². The highest BCUT2D eigenvalue weighted by atomic mass is 32.2. The van der Waals surface area contributed by atoms with Gasteiger partial charge >= 0.3 is 24.1 Å². The number of amides is 5. The van der Waals surface area contributed by atoms with E-state index in [4.69, 9.17) is 5.73 Å². The van der Waals surface area contributed by atoms with Crippen LogP contribution in [0.4, 0.5) is 34.1 Å². The number of benzene rings is 4. The molecule has 0 bridgehead atoms. The summed E-state index contributed by atoms with van der Waals surface area (Å²) in [6.07, 6.45) is -5.07. The Morgan fingerprint density at radius 3 is 1.26 bits per heavy atom. The molecule has 0 atom stereocenters. The van der Waals surface area contributed by atoms with Gasteiger partial charge in [0, 0.05) is 48.7 Å². The number of nitrogens with zero attached hydrogens (tertiary/aromatic N) is 4. The first-order valence-electron chi connectivity index (χ1n) is 19.3.